The summed E-state index contributed by atoms with van der Waals surface area (Å²) in [5.74, 6) is -0.854. The lowest BCUT2D eigenvalue weighted by molar-refractivity contribution is 0.564. The summed E-state index contributed by atoms with van der Waals surface area (Å²) in [6, 6.07) is 4.28. The van der Waals surface area contributed by atoms with Crippen molar-refractivity contribution in [3.05, 3.63) is 30.2 Å². The van der Waals surface area contributed by atoms with E-state index in [-0.39, 0.29) is 16.1 Å². The van der Waals surface area contributed by atoms with Gasteiger partial charge in [-0.15, -0.1) is 0 Å². The minimum atomic E-state index is -3.74. The molecule has 1 aromatic carbocycles. The molecule has 1 aromatic heterocycles. The quantitative estimate of drug-likeness (QED) is 0.847. The highest BCUT2D eigenvalue weighted by molar-refractivity contribution is 7.92. The van der Waals surface area contributed by atoms with E-state index in [2.05, 4.69) is 4.98 Å². The fraction of sp³-hybridized carbons (Fsp3) is 0.250. The monoisotopic (exact) mass is 268 g/mol. The lowest BCUT2D eigenvalue weighted by Crippen LogP contribution is -2.16. The van der Waals surface area contributed by atoms with Crippen LogP contribution in [0.15, 0.2) is 29.3 Å². The van der Waals surface area contributed by atoms with Gasteiger partial charge in [-0.25, -0.2) is 12.8 Å². The summed E-state index contributed by atoms with van der Waals surface area (Å²) < 4.78 is 38.3. The molecule has 2 rings (SSSR count). The number of sulfone groups is 1. The van der Waals surface area contributed by atoms with Gasteiger partial charge in [0.1, 0.15) is 10.7 Å². The number of hydrogen-bond donors (Lipinski definition) is 1. The Morgan fingerprint density at radius 1 is 1.39 bits per heavy atom. The molecule has 18 heavy (non-hydrogen) atoms. The normalized spacial score (nSPS) is 12.2. The van der Waals surface area contributed by atoms with Gasteiger partial charge in [0.25, 0.3) is 0 Å². The maximum atomic E-state index is 13.9. The van der Waals surface area contributed by atoms with Gasteiger partial charge in [0.15, 0.2) is 9.84 Å². The number of nitrogens with two attached hydrogens (primary N) is 1. The zero-order valence-electron chi connectivity index (χ0n) is 10.0. The fourth-order valence-corrected chi connectivity index (χ4v) is 2.95. The van der Waals surface area contributed by atoms with Gasteiger partial charge in [0.05, 0.1) is 10.8 Å². The standard InChI is InChI=1S/C12H13FN2O2S/c1-7(2)18(16,17)12-9(13)6-10(14)8-4-3-5-15-11(8)12/h3-7H,14H2,1-2H3. The number of nitrogen functional groups attached to an aromatic ring is 1. The van der Waals surface area contributed by atoms with Crippen molar-refractivity contribution in [2.45, 2.75) is 24.0 Å². The van der Waals surface area contributed by atoms with Gasteiger partial charge in [-0.2, -0.15) is 0 Å². The van der Waals surface area contributed by atoms with E-state index in [1.54, 1.807) is 12.1 Å². The van der Waals surface area contributed by atoms with Crippen LogP contribution < -0.4 is 5.73 Å². The summed E-state index contributed by atoms with van der Waals surface area (Å²) >= 11 is 0. The number of fused-ring (bicyclic) bond motifs is 1. The first-order valence-corrected chi connectivity index (χ1v) is 6.97. The Morgan fingerprint density at radius 3 is 2.67 bits per heavy atom. The molecule has 0 aliphatic carbocycles. The van der Waals surface area contributed by atoms with Gasteiger partial charge in [0, 0.05) is 17.3 Å². The molecular weight excluding hydrogens is 255 g/mol. The van der Waals surface area contributed by atoms with Crippen LogP contribution in [0.5, 0.6) is 0 Å². The van der Waals surface area contributed by atoms with Crippen molar-refractivity contribution in [2.75, 3.05) is 5.73 Å². The summed E-state index contributed by atoms with van der Waals surface area (Å²) in [6.45, 7) is 3.00. The van der Waals surface area contributed by atoms with Crippen LogP contribution in [0.25, 0.3) is 10.9 Å². The highest BCUT2D eigenvalue weighted by Gasteiger charge is 2.27. The van der Waals surface area contributed by atoms with Crippen molar-refractivity contribution in [3.63, 3.8) is 0 Å². The van der Waals surface area contributed by atoms with Gasteiger partial charge in [-0.1, -0.05) is 0 Å². The lowest BCUT2D eigenvalue weighted by atomic mass is 10.2. The summed E-state index contributed by atoms with van der Waals surface area (Å²) in [4.78, 5) is 3.58. The number of nitrogens with zero attached hydrogens (tertiary/aromatic N) is 1. The van der Waals surface area contributed by atoms with Gasteiger partial charge >= 0.3 is 0 Å². The average Bonchev–Trinajstić information content (AvgIpc) is 2.28. The molecule has 0 unspecified atom stereocenters. The minimum Gasteiger partial charge on any atom is -0.398 e. The molecule has 2 aromatic rings. The Balaban J connectivity index is 2.96. The van der Waals surface area contributed by atoms with Crippen LogP contribution in [0.3, 0.4) is 0 Å². The molecule has 0 aliphatic rings. The van der Waals surface area contributed by atoms with Crippen LogP contribution in [0.1, 0.15) is 13.8 Å². The molecule has 2 N–H and O–H groups in total. The Hall–Kier alpha value is -1.69. The molecule has 0 radical (unpaired) electrons. The number of halogens is 1. The number of rotatable bonds is 2. The summed E-state index contributed by atoms with van der Waals surface area (Å²) in [5, 5.41) is -0.279. The Bertz CT molecular complexity index is 711. The Morgan fingerprint density at radius 2 is 2.06 bits per heavy atom. The lowest BCUT2D eigenvalue weighted by Gasteiger charge is -2.12. The predicted octanol–water partition coefficient (Wildman–Crippen LogP) is 2.14. The number of benzene rings is 1. The molecule has 96 valence electrons. The van der Waals surface area contributed by atoms with Crippen LogP contribution in [-0.2, 0) is 9.84 Å². The molecule has 0 atom stereocenters. The summed E-state index contributed by atoms with van der Waals surface area (Å²) in [6.07, 6.45) is 1.42. The minimum absolute atomic E-state index is 0.0868. The second-order valence-electron chi connectivity index (χ2n) is 4.27. The molecule has 0 spiro atoms. The summed E-state index contributed by atoms with van der Waals surface area (Å²) in [7, 11) is -3.74. The van der Waals surface area contributed by atoms with Crippen LogP contribution >= 0.6 is 0 Å². The SMILES string of the molecule is CC(C)S(=O)(=O)c1c(F)cc(N)c2cccnc12. The first-order chi connectivity index (χ1) is 8.35. The Labute approximate surface area is 105 Å². The van der Waals surface area contributed by atoms with E-state index in [4.69, 9.17) is 5.73 Å². The van der Waals surface area contributed by atoms with Gasteiger partial charge in [-0.3, -0.25) is 4.98 Å². The first kappa shape index (κ1) is 12.8. The molecule has 0 aliphatic heterocycles. The third kappa shape index (κ3) is 1.82. The maximum absolute atomic E-state index is 13.9. The Kier molecular flexibility index (Phi) is 2.98. The smallest absolute Gasteiger partial charge is 0.185 e. The van der Waals surface area contributed by atoms with E-state index in [9.17, 15) is 12.8 Å². The molecule has 0 saturated heterocycles. The van der Waals surface area contributed by atoms with E-state index in [1.807, 2.05) is 0 Å². The number of pyridine rings is 1. The number of aromatic nitrogens is 1. The van der Waals surface area contributed by atoms with Crippen molar-refractivity contribution < 1.29 is 12.8 Å². The van der Waals surface area contributed by atoms with Crippen molar-refractivity contribution in [2.24, 2.45) is 0 Å². The van der Waals surface area contributed by atoms with Gasteiger partial charge < -0.3 is 5.73 Å². The largest absolute Gasteiger partial charge is 0.398 e. The fourth-order valence-electron chi connectivity index (χ4n) is 1.72. The molecular formula is C12H13FN2O2S. The van der Waals surface area contributed by atoms with Crippen LogP contribution in [0.4, 0.5) is 10.1 Å². The molecule has 0 amide bonds. The van der Waals surface area contributed by atoms with Crippen LogP contribution in [0, 0.1) is 5.82 Å². The zero-order valence-corrected chi connectivity index (χ0v) is 10.8. The van der Waals surface area contributed by atoms with E-state index in [1.165, 1.54) is 20.0 Å². The molecule has 4 nitrogen and oxygen atoms in total. The van der Waals surface area contributed by atoms with Crippen molar-refractivity contribution in [1.82, 2.24) is 4.98 Å². The second-order valence-corrected chi connectivity index (χ2v) is 6.71. The van der Waals surface area contributed by atoms with Crippen LogP contribution in [-0.4, -0.2) is 18.7 Å². The van der Waals surface area contributed by atoms with E-state index in [0.717, 1.165) is 6.07 Å². The van der Waals surface area contributed by atoms with Crippen molar-refractivity contribution in [1.29, 1.82) is 0 Å². The van der Waals surface area contributed by atoms with Gasteiger partial charge in [-0.05, 0) is 32.0 Å². The number of anilines is 1. The second kappa shape index (κ2) is 4.20. The first-order valence-electron chi connectivity index (χ1n) is 5.42. The topological polar surface area (TPSA) is 73.0 Å². The van der Waals surface area contributed by atoms with Crippen LogP contribution in [0.2, 0.25) is 0 Å². The van der Waals surface area contributed by atoms with E-state index < -0.39 is 20.9 Å². The molecule has 6 heteroatoms. The third-order valence-corrected chi connectivity index (χ3v) is 4.94. The molecule has 1 heterocycles. The number of hydrogen-bond acceptors (Lipinski definition) is 4. The molecule has 0 saturated carbocycles. The van der Waals surface area contributed by atoms with E-state index in [0.29, 0.717) is 5.39 Å². The molecule has 0 bridgehead atoms. The van der Waals surface area contributed by atoms with Crippen molar-refractivity contribution in [3.8, 4) is 0 Å². The zero-order chi connectivity index (χ0) is 13.5. The summed E-state index contributed by atoms with van der Waals surface area (Å²) in [5.41, 5.74) is 5.94. The van der Waals surface area contributed by atoms with Crippen molar-refractivity contribution >= 4 is 26.4 Å². The highest BCUT2D eigenvalue weighted by Crippen LogP contribution is 2.30. The van der Waals surface area contributed by atoms with Gasteiger partial charge in [0.2, 0.25) is 0 Å². The predicted molar refractivity (Wildman–Crippen MR) is 68.4 cm³/mol. The third-order valence-electron chi connectivity index (χ3n) is 2.74. The molecule has 0 fully saturated rings. The average molecular weight is 268 g/mol. The highest BCUT2D eigenvalue weighted by atomic mass is 32.2. The van der Waals surface area contributed by atoms with E-state index >= 15 is 0 Å². The maximum Gasteiger partial charge on any atom is 0.185 e.